The average molecular weight is 273 g/mol. The largest absolute Gasteiger partial charge is 0.496 e. The summed E-state index contributed by atoms with van der Waals surface area (Å²) in [6, 6.07) is 13.2. The van der Waals surface area contributed by atoms with E-state index in [4.69, 9.17) is 19.9 Å². The van der Waals surface area contributed by atoms with Gasteiger partial charge in [0.2, 0.25) is 0 Å². The maximum atomic E-state index is 6.33. The van der Waals surface area contributed by atoms with E-state index < -0.39 is 0 Å². The van der Waals surface area contributed by atoms with Crippen LogP contribution in [-0.2, 0) is 0 Å². The summed E-state index contributed by atoms with van der Waals surface area (Å²) in [4.78, 5) is 0. The second-order valence-corrected chi connectivity index (χ2v) is 4.34. The summed E-state index contributed by atoms with van der Waals surface area (Å²) in [5, 5.41) is 0. The molecule has 0 spiro atoms. The van der Waals surface area contributed by atoms with E-state index in [1.165, 1.54) is 0 Å². The van der Waals surface area contributed by atoms with Crippen molar-refractivity contribution in [2.24, 2.45) is 5.73 Å². The van der Waals surface area contributed by atoms with Crippen LogP contribution in [0.4, 0.5) is 0 Å². The molecule has 0 aliphatic heterocycles. The zero-order valence-corrected chi connectivity index (χ0v) is 11.9. The van der Waals surface area contributed by atoms with Gasteiger partial charge in [-0.05, 0) is 11.6 Å². The van der Waals surface area contributed by atoms with E-state index in [1.807, 2.05) is 36.4 Å². The van der Waals surface area contributed by atoms with Gasteiger partial charge >= 0.3 is 0 Å². The van der Waals surface area contributed by atoms with E-state index in [0.29, 0.717) is 17.2 Å². The van der Waals surface area contributed by atoms with Gasteiger partial charge < -0.3 is 19.9 Å². The summed E-state index contributed by atoms with van der Waals surface area (Å²) in [5.74, 6) is 1.93. The molecule has 1 unspecified atom stereocenters. The van der Waals surface area contributed by atoms with E-state index in [2.05, 4.69) is 0 Å². The molecule has 0 bridgehead atoms. The molecule has 4 heteroatoms. The van der Waals surface area contributed by atoms with Crippen molar-refractivity contribution in [3.63, 3.8) is 0 Å². The van der Waals surface area contributed by atoms with E-state index in [-0.39, 0.29) is 6.04 Å². The fourth-order valence-corrected chi connectivity index (χ4v) is 2.14. The number of hydrogen-bond acceptors (Lipinski definition) is 4. The molecule has 4 nitrogen and oxygen atoms in total. The van der Waals surface area contributed by atoms with Crippen LogP contribution < -0.4 is 19.9 Å². The first kappa shape index (κ1) is 14.2. The third kappa shape index (κ3) is 2.70. The highest BCUT2D eigenvalue weighted by molar-refractivity contribution is 5.53. The molecule has 0 saturated heterocycles. The van der Waals surface area contributed by atoms with Crippen molar-refractivity contribution in [1.82, 2.24) is 0 Å². The molecule has 2 aromatic rings. The lowest BCUT2D eigenvalue weighted by molar-refractivity contribution is 0.347. The topological polar surface area (TPSA) is 53.7 Å². The molecule has 2 N–H and O–H groups in total. The maximum Gasteiger partial charge on any atom is 0.164 e. The lowest BCUT2D eigenvalue weighted by Gasteiger charge is -2.19. The predicted molar refractivity (Wildman–Crippen MR) is 78.6 cm³/mol. The Kier molecular flexibility index (Phi) is 4.48. The average Bonchev–Trinajstić information content (AvgIpc) is 2.53. The highest BCUT2D eigenvalue weighted by atomic mass is 16.5. The fraction of sp³-hybridized carbons (Fsp3) is 0.250. The smallest absolute Gasteiger partial charge is 0.164 e. The predicted octanol–water partition coefficient (Wildman–Crippen LogP) is 2.76. The molecule has 2 rings (SSSR count). The molecule has 0 aliphatic rings. The minimum absolute atomic E-state index is 0.286. The highest BCUT2D eigenvalue weighted by Gasteiger charge is 2.18. The minimum Gasteiger partial charge on any atom is -0.496 e. The van der Waals surface area contributed by atoms with Crippen LogP contribution in [0.2, 0.25) is 0 Å². The summed E-state index contributed by atoms with van der Waals surface area (Å²) in [5.41, 5.74) is 8.20. The lowest BCUT2D eigenvalue weighted by atomic mass is 9.98. The SMILES string of the molecule is COc1cc(OC)c(C(N)c2ccccc2)cc1OC. The second-order valence-electron chi connectivity index (χ2n) is 4.34. The van der Waals surface area contributed by atoms with Crippen molar-refractivity contribution in [2.45, 2.75) is 6.04 Å². The van der Waals surface area contributed by atoms with Crippen LogP contribution in [-0.4, -0.2) is 21.3 Å². The Labute approximate surface area is 119 Å². The van der Waals surface area contributed by atoms with Crippen LogP contribution in [0.5, 0.6) is 17.2 Å². The molecular formula is C16H19NO3. The summed E-state index contributed by atoms with van der Waals surface area (Å²) < 4.78 is 16.0. The van der Waals surface area contributed by atoms with E-state index in [1.54, 1.807) is 27.4 Å². The number of nitrogens with two attached hydrogens (primary N) is 1. The van der Waals surface area contributed by atoms with Crippen molar-refractivity contribution in [3.8, 4) is 17.2 Å². The quantitative estimate of drug-likeness (QED) is 0.910. The fourth-order valence-electron chi connectivity index (χ4n) is 2.14. The van der Waals surface area contributed by atoms with Crippen molar-refractivity contribution in [2.75, 3.05) is 21.3 Å². The summed E-state index contributed by atoms with van der Waals surface area (Å²) in [6.45, 7) is 0. The molecule has 0 aliphatic carbocycles. The standard InChI is InChI=1S/C16H19NO3/c1-18-13-10-15(20-3)14(19-2)9-12(13)16(17)11-7-5-4-6-8-11/h4-10,16H,17H2,1-3H3. The molecule has 0 saturated carbocycles. The first-order valence-electron chi connectivity index (χ1n) is 6.31. The highest BCUT2D eigenvalue weighted by Crippen LogP contribution is 2.38. The van der Waals surface area contributed by atoms with E-state index in [9.17, 15) is 0 Å². The monoisotopic (exact) mass is 273 g/mol. The molecule has 1 atom stereocenters. The molecule has 0 aromatic heterocycles. The molecule has 20 heavy (non-hydrogen) atoms. The first-order chi connectivity index (χ1) is 9.71. The van der Waals surface area contributed by atoms with Crippen molar-refractivity contribution in [1.29, 1.82) is 0 Å². The molecular weight excluding hydrogens is 254 g/mol. The number of ether oxygens (including phenoxy) is 3. The van der Waals surface area contributed by atoms with Crippen LogP contribution >= 0.6 is 0 Å². The molecule has 0 fully saturated rings. The van der Waals surface area contributed by atoms with E-state index in [0.717, 1.165) is 11.1 Å². The Bertz CT molecular complexity index is 569. The summed E-state index contributed by atoms with van der Waals surface area (Å²) in [6.07, 6.45) is 0. The Morgan fingerprint density at radius 1 is 0.800 bits per heavy atom. The van der Waals surface area contributed by atoms with Gasteiger partial charge in [0.15, 0.2) is 11.5 Å². The normalized spacial score (nSPS) is 11.8. The third-order valence-electron chi connectivity index (χ3n) is 3.23. The zero-order valence-electron chi connectivity index (χ0n) is 11.9. The molecule has 0 heterocycles. The molecule has 106 valence electrons. The van der Waals surface area contributed by atoms with Crippen molar-refractivity contribution < 1.29 is 14.2 Å². The Balaban J connectivity index is 2.49. The van der Waals surface area contributed by atoms with Gasteiger partial charge in [-0.15, -0.1) is 0 Å². The molecule has 2 aromatic carbocycles. The van der Waals surface area contributed by atoms with Crippen LogP contribution in [0.3, 0.4) is 0 Å². The van der Waals surface area contributed by atoms with Crippen LogP contribution in [0.15, 0.2) is 42.5 Å². The Morgan fingerprint density at radius 3 is 1.90 bits per heavy atom. The van der Waals surface area contributed by atoms with Gasteiger partial charge in [0.25, 0.3) is 0 Å². The van der Waals surface area contributed by atoms with Crippen LogP contribution in [0, 0.1) is 0 Å². The molecule has 0 radical (unpaired) electrons. The lowest BCUT2D eigenvalue weighted by Crippen LogP contribution is -2.13. The second kappa shape index (κ2) is 6.30. The maximum absolute atomic E-state index is 6.33. The zero-order chi connectivity index (χ0) is 14.5. The van der Waals surface area contributed by atoms with Crippen LogP contribution in [0.1, 0.15) is 17.2 Å². The van der Waals surface area contributed by atoms with Crippen LogP contribution in [0.25, 0.3) is 0 Å². The van der Waals surface area contributed by atoms with Gasteiger partial charge in [-0.1, -0.05) is 30.3 Å². The van der Waals surface area contributed by atoms with Gasteiger partial charge in [-0.25, -0.2) is 0 Å². The van der Waals surface area contributed by atoms with Gasteiger partial charge in [0.05, 0.1) is 27.4 Å². The molecule has 0 amide bonds. The van der Waals surface area contributed by atoms with E-state index >= 15 is 0 Å². The Hall–Kier alpha value is -2.20. The van der Waals surface area contributed by atoms with Crippen molar-refractivity contribution in [3.05, 3.63) is 53.6 Å². The number of rotatable bonds is 5. The van der Waals surface area contributed by atoms with Gasteiger partial charge in [0.1, 0.15) is 5.75 Å². The van der Waals surface area contributed by atoms with Gasteiger partial charge in [-0.2, -0.15) is 0 Å². The van der Waals surface area contributed by atoms with Gasteiger partial charge in [0, 0.05) is 11.6 Å². The number of hydrogen-bond donors (Lipinski definition) is 1. The third-order valence-corrected chi connectivity index (χ3v) is 3.23. The number of benzene rings is 2. The summed E-state index contributed by atoms with van der Waals surface area (Å²) in [7, 11) is 4.80. The minimum atomic E-state index is -0.286. The number of methoxy groups -OCH3 is 3. The summed E-state index contributed by atoms with van der Waals surface area (Å²) >= 11 is 0. The first-order valence-corrected chi connectivity index (χ1v) is 6.31. The Morgan fingerprint density at radius 2 is 1.35 bits per heavy atom. The van der Waals surface area contributed by atoms with Crippen molar-refractivity contribution >= 4 is 0 Å². The van der Waals surface area contributed by atoms with Gasteiger partial charge in [-0.3, -0.25) is 0 Å².